The highest BCUT2D eigenvalue weighted by Gasteiger charge is 2.14. The zero-order chi connectivity index (χ0) is 12.1. The van der Waals surface area contributed by atoms with Gasteiger partial charge in [-0.2, -0.15) is 10.4 Å². The van der Waals surface area contributed by atoms with E-state index in [2.05, 4.69) is 10.4 Å². The number of hydrogen-bond acceptors (Lipinski definition) is 3. The average molecular weight is 220 g/mol. The van der Waals surface area contributed by atoms with Crippen molar-refractivity contribution < 1.29 is 4.79 Å². The van der Waals surface area contributed by atoms with E-state index in [1.807, 2.05) is 19.9 Å². The summed E-state index contributed by atoms with van der Waals surface area (Å²) in [6.07, 6.45) is 0.311. The lowest BCUT2D eigenvalue weighted by Crippen LogP contribution is -2.33. The van der Waals surface area contributed by atoms with Crippen molar-refractivity contribution in [3.8, 4) is 6.07 Å². The highest BCUT2D eigenvalue weighted by Crippen LogP contribution is 2.04. The number of carbonyl (C=O) groups excluding carboxylic acids is 1. The lowest BCUT2D eigenvalue weighted by atomic mass is 10.2. The van der Waals surface area contributed by atoms with E-state index >= 15 is 0 Å². The van der Waals surface area contributed by atoms with E-state index in [4.69, 9.17) is 5.26 Å². The number of aryl methyl sites for hydroxylation is 2. The van der Waals surface area contributed by atoms with Gasteiger partial charge < -0.3 is 5.32 Å². The van der Waals surface area contributed by atoms with Crippen molar-refractivity contribution in [2.24, 2.45) is 0 Å². The molecular formula is C11H16N4O. The van der Waals surface area contributed by atoms with E-state index in [1.54, 1.807) is 17.7 Å². The van der Waals surface area contributed by atoms with Crippen LogP contribution in [0.5, 0.6) is 0 Å². The fraction of sp³-hybridized carbons (Fsp3) is 0.545. The maximum absolute atomic E-state index is 11.8. The van der Waals surface area contributed by atoms with Gasteiger partial charge >= 0.3 is 0 Å². The summed E-state index contributed by atoms with van der Waals surface area (Å²) >= 11 is 0. The molecule has 0 aliphatic heterocycles. The zero-order valence-corrected chi connectivity index (χ0v) is 9.82. The Morgan fingerprint density at radius 2 is 2.44 bits per heavy atom. The van der Waals surface area contributed by atoms with Crippen LogP contribution in [0.15, 0.2) is 6.07 Å². The molecular weight excluding hydrogens is 204 g/mol. The number of nitrogens with one attached hydrogen (secondary N) is 1. The van der Waals surface area contributed by atoms with Gasteiger partial charge in [-0.05, 0) is 26.8 Å². The smallest absolute Gasteiger partial charge is 0.269 e. The largest absolute Gasteiger partial charge is 0.347 e. The normalized spacial score (nSPS) is 11.9. The summed E-state index contributed by atoms with van der Waals surface area (Å²) in [5.41, 5.74) is 1.37. The predicted molar refractivity (Wildman–Crippen MR) is 59.8 cm³/mol. The Bertz CT molecular complexity index is 416. The molecule has 0 bridgehead atoms. The first kappa shape index (κ1) is 12.2. The molecule has 1 aromatic rings. The highest BCUT2D eigenvalue weighted by molar-refractivity contribution is 5.92. The predicted octanol–water partition coefficient (Wildman–Crippen LogP) is 1.24. The summed E-state index contributed by atoms with van der Waals surface area (Å²) in [5, 5.41) is 15.5. The van der Waals surface area contributed by atoms with E-state index < -0.39 is 0 Å². The molecule has 1 rings (SSSR count). The lowest BCUT2D eigenvalue weighted by Gasteiger charge is -2.10. The molecule has 0 aliphatic rings. The van der Waals surface area contributed by atoms with Crippen LogP contribution < -0.4 is 5.32 Å². The van der Waals surface area contributed by atoms with Crippen LogP contribution in [0.4, 0.5) is 0 Å². The standard InChI is InChI=1S/C11H16N4O/c1-4-15-10(7-9(3)14-15)11(16)13-8(2)5-6-12/h7-8H,4-5H2,1-3H3,(H,13,16). The van der Waals surface area contributed by atoms with Gasteiger partial charge in [0.2, 0.25) is 0 Å². The molecule has 5 nitrogen and oxygen atoms in total. The topological polar surface area (TPSA) is 70.7 Å². The molecule has 1 atom stereocenters. The molecule has 0 fully saturated rings. The van der Waals surface area contributed by atoms with Gasteiger partial charge in [-0.15, -0.1) is 0 Å². The third-order valence-electron chi connectivity index (χ3n) is 2.21. The Kier molecular flexibility index (Phi) is 4.06. The van der Waals surface area contributed by atoms with Gasteiger partial charge in [-0.3, -0.25) is 9.48 Å². The van der Waals surface area contributed by atoms with Crippen LogP contribution >= 0.6 is 0 Å². The third kappa shape index (κ3) is 2.83. The SMILES string of the molecule is CCn1nc(C)cc1C(=O)NC(C)CC#N. The Balaban J connectivity index is 2.76. The molecule has 1 aromatic heterocycles. The van der Waals surface area contributed by atoms with Gasteiger partial charge in [-0.1, -0.05) is 0 Å². The summed E-state index contributed by atoms with van der Waals surface area (Å²) in [6.45, 7) is 6.24. The Hall–Kier alpha value is -1.83. The molecule has 16 heavy (non-hydrogen) atoms. The molecule has 1 amide bonds. The summed E-state index contributed by atoms with van der Waals surface area (Å²) < 4.78 is 1.66. The minimum absolute atomic E-state index is 0.141. The van der Waals surface area contributed by atoms with Gasteiger partial charge in [0, 0.05) is 12.6 Å². The third-order valence-corrected chi connectivity index (χ3v) is 2.21. The Labute approximate surface area is 95.1 Å². The van der Waals surface area contributed by atoms with Gasteiger partial charge in [0.05, 0.1) is 18.2 Å². The van der Waals surface area contributed by atoms with Crippen molar-refractivity contribution >= 4 is 5.91 Å². The summed E-state index contributed by atoms with van der Waals surface area (Å²) in [7, 11) is 0. The van der Waals surface area contributed by atoms with E-state index in [1.165, 1.54) is 0 Å². The molecule has 1 unspecified atom stereocenters. The Morgan fingerprint density at radius 3 is 3.00 bits per heavy atom. The van der Waals surface area contributed by atoms with Gasteiger partial charge in [0.1, 0.15) is 5.69 Å². The molecule has 0 saturated carbocycles. The molecule has 0 saturated heterocycles. The van der Waals surface area contributed by atoms with Gasteiger partial charge in [0.15, 0.2) is 0 Å². The Morgan fingerprint density at radius 1 is 1.75 bits per heavy atom. The van der Waals surface area contributed by atoms with Crippen molar-refractivity contribution in [2.45, 2.75) is 39.8 Å². The monoisotopic (exact) mass is 220 g/mol. The molecule has 0 radical (unpaired) electrons. The number of rotatable bonds is 4. The first-order valence-corrected chi connectivity index (χ1v) is 5.30. The minimum Gasteiger partial charge on any atom is -0.347 e. The summed E-state index contributed by atoms with van der Waals surface area (Å²) in [6, 6.07) is 3.63. The van der Waals surface area contributed by atoms with E-state index in [0.717, 1.165) is 5.69 Å². The van der Waals surface area contributed by atoms with Crippen LogP contribution in [0.2, 0.25) is 0 Å². The number of aromatic nitrogens is 2. The van der Waals surface area contributed by atoms with Crippen LogP contribution in [-0.2, 0) is 6.54 Å². The number of carbonyl (C=O) groups is 1. The fourth-order valence-corrected chi connectivity index (χ4v) is 1.46. The van der Waals surface area contributed by atoms with Gasteiger partial charge in [-0.25, -0.2) is 0 Å². The minimum atomic E-state index is -0.176. The second-order valence-corrected chi connectivity index (χ2v) is 3.72. The van der Waals surface area contributed by atoms with Crippen LogP contribution in [0.3, 0.4) is 0 Å². The summed E-state index contributed by atoms with van der Waals surface area (Å²) in [4.78, 5) is 11.8. The molecule has 5 heteroatoms. The highest BCUT2D eigenvalue weighted by atomic mass is 16.2. The first-order chi connectivity index (χ1) is 7.58. The molecule has 86 valence electrons. The second-order valence-electron chi connectivity index (χ2n) is 3.72. The molecule has 0 aliphatic carbocycles. The maximum atomic E-state index is 11.8. The lowest BCUT2D eigenvalue weighted by molar-refractivity contribution is 0.0930. The second kappa shape index (κ2) is 5.31. The van der Waals surface area contributed by atoms with Crippen molar-refractivity contribution in [3.05, 3.63) is 17.5 Å². The average Bonchev–Trinajstić information content (AvgIpc) is 2.59. The number of nitriles is 1. The van der Waals surface area contributed by atoms with Crippen LogP contribution in [0.25, 0.3) is 0 Å². The fourth-order valence-electron chi connectivity index (χ4n) is 1.46. The quantitative estimate of drug-likeness (QED) is 0.830. The van der Waals surface area contributed by atoms with E-state index in [0.29, 0.717) is 18.7 Å². The number of hydrogen-bond donors (Lipinski definition) is 1. The zero-order valence-electron chi connectivity index (χ0n) is 9.82. The maximum Gasteiger partial charge on any atom is 0.269 e. The van der Waals surface area contributed by atoms with Gasteiger partial charge in [0.25, 0.3) is 5.91 Å². The molecule has 0 spiro atoms. The molecule has 1 heterocycles. The van der Waals surface area contributed by atoms with Crippen molar-refractivity contribution in [3.63, 3.8) is 0 Å². The van der Waals surface area contributed by atoms with Crippen LogP contribution in [0.1, 0.15) is 36.5 Å². The first-order valence-electron chi connectivity index (χ1n) is 5.30. The van der Waals surface area contributed by atoms with E-state index in [9.17, 15) is 4.79 Å². The van der Waals surface area contributed by atoms with Crippen LogP contribution in [-0.4, -0.2) is 21.7 Å². The van der Waals surface area contributed by atoms with Crippen LogP contribution in [0, 0.1) is 18.3 Å². The van der Waals surface area contributed by atoms with Crippen molar-refractivity contribution in [1.29, 1.82) is 5.26 Å². The number of amides is 1. The summed E-state index contributed by atoms with van der Waals surface area (Å²) in [5.74, 6) is -0.176. The van der Waals surface area contributed by atoms with Crippen molar-refractivity contribution in [1.82, 2.24) is 15.1 Å². The van der Waals surface area contributed by atoms with Crippen molar-refractivity contribution in [2.75, 3.05) is 0 Å². The van der Waals surface area contributed by atoms with E-state index in [-0.39, 0.29) is 11.9 Å². The number of nitrogens with zero attached hydrogens (tertiary/aromatic N) is 3. The molecule has 0 aromatic carbocycles. The molecule has 1 N–H and O–H groups in total.